The molecule has 2 fully saturated rings. The summed E-state index contributed by atoms with van der Waals surface area (Å²) in [7, 11) is 0. The molecular formula is C17H19N3OS. The second-order valence-corrected chi connectivity index (χ2v) is 7.62. The van der Waals surface area contributed by atoms with Gasteiger partial charge in [-0.15, -0.1) is 11.8 Å². The minimum Gasteiger partial charge on any atom is -0.488 e. The summed E-state index contributed by atoms with van der Waals surface area (Å²) in [6.07, 6.45) is 8.77. The van der Waals surface area contributed by atoms with E-state index in [1.807, 2.05) is 24.5 Å². The third-order valence-electron chi connectivity index (χ3n) is 4.29. The highest BCUT2D eigenvalue weighted by molar-refractivity contribution is 8.01. The van der Waals surface area contributed by atoms with E-state index in [2.05, 4.69) is 38.8 Å². The van der Waals surface area contributed by atoms with Gasteiger partial charge >= 0.3 is 0 Å². The van der Waals surface area contributed by atoms with E-state index in [-0.39, 0.29) is 0 Å². The minimum absolute atomic E-state index is 0.317. The van der Waals surface area contributed by atoms with Gasteiger partial charge in [-0.2, -0.15) is 0 Å². The Morgan fingerprint density at radius 1 is 1.18 bits per heavy atom. The Kier molecular flexibility index (Phi) is 3.76. The Morgan fingerprint density at radius 3 is 2.82 bits per heavy atom. The minimum atomic E-state index is 0.317. The van der Waals surface area contributed by atoms with E-state index in [1.165, 1.54) is 5.56 Å². The molecule has 2 aromatic rings. The van der Waals surface area contributed by atoms with Crippen molar-refractivity contribution >= 4 is 11.8 Å². The van der Waals surface area contributed by atoms with Crippen molar-refractivity contribution in [1.82, 2.24) is 14.9 Å². The van der Waals surface area contributed by atoms with Crippen LogP contribution < -0.4 is 4.74 Å². The molecule has 0 aromatic carbocycles. The van der Waals surface area contributed by atoms with Crippen LogP contribution in [0.5, 0.6) is 5.75 Å². The molecule has 0 amide bonds. The van der Waals surface area contributed by atoms with Gasteiger partial charge < -0.3 is 4.74 Å². The maximum Gasteiger partial charge on any atom is 0.138 e. The Bertz CT molecular complexity index is 616. The molecule has 2 aliphatic heterocycles. The molecule has 4 nitrogen and oxygen atoms in total. The van der Waals surface area contributed by atoms with E-state index in [1.54, 1.807) is 12.4 Å². The standard InChI is InChI=1S/C17H19N3OS/c1-2-15(9-19-5-1)21-16-8-17(22-11-16)12-20(13-17)10-14-3-6-18-7-4-14/h1-7,9,16H,8,10-13H2/t16-/m1/s1. The van der Waals surface area contributed by atoms with E-state index >= 15 is 0 Å². The van der Waals surface area contributed by atoms with Crippen molar-refractivity contribution < 1.29 is 4.74 Å². The SMILES string of the molecule is c1cncc(O[C@H]2CSC3(C2)CN(Cc2ccncc2)C3)c1. The summed E-state index contributed by atoms with van der Waals surface area (Å²) < 4.78 is 6.45. The van der Waals surface area contributed by atoms with Gasteiger partial charge in [0.1, 0.15) is 11.9 Å². The molecule has 0 radical (unpaired) electrons. The maximum atomic E-state index is 6.05. The zero-order chi connectivity index (χ0) is 14.8. The van der Waals surface area contributed by atoms with E-state index in [9.17, 15) is 0 Å². The molecule has 2 aromatic heterocycles. The largest absolute Gasteiger partial charge is 0.488 e. The predicted octanol–water partition coefficient (Wildman–Crippen LogP) is 2.62. The van der Waals surface area contributed by atoms with E-state index in [0.717, 1.165) is 37.6 Å². The summed E-state index contributed by atoms with van der Waals surface area (Å²) in [6, 6.07) is 8.11. The van der Waals surface area contributed by atoms with Crippen molar-refractivity contribution in [1.29, 1.82) is 0 Å². The fraction of sp³-hybridized carbons (Fsp3) is 0.412. The average Bonchev–Trinajstić information content (AvgIpc) is 2.93. The number of nitrogens with zero attached hydrogens (tertiary/aromatic N) is 3. The first-order chi connectivity index (χ1) is 10.8. The number of hydrogen-bond acceptors (Lipinski definition) is 5. The molecule has 114 valence electrons. The Labute approximate surface area is 134 Å². The second-order valence-electron chi connectivity index (χ2n) is 6.13. The van der Waals surface area contributed by atoms with Crippen LogP contribution in [-0.2, 0) is 6.54 Å². The maximum absolute atomic E-state index is 6.05. The molecule has 22 heavy (non-hydrogen) atoms. The smallest absolute Gasteiger partial charge is 0.138 e. The highest BCUT2D eigenvalue weighted by Gasteiger charge is 2.49. The zero-order valence-corrected chi connectivity index (χ0v) is 13.2. The first-order valence-electron chi connectivity index (χ1n) is 7.63. The fourth-order valence-corrected chi connectivity index (χ4v) is 4.91. The fourth-order valence-electron chi connectivity index (χ4n) is 3.33. The van der Waals surface area contributed by atoms with Gasteiger partial charge in [-0.05, 0) is 29.8 Å². The highest BCUT2D eigenvalue weighted by atomic mass is 32.2. The van der Waals surface area contributed by atoms with Gasteiger partial charge in [-0.1, -0.05) is 0 Å². The normalized spacial score (nSPS) is 23.4. The molecule has 5 heteroatoms. The van der Waals surface area contributed by atoms with E-state index < -0.39 is 0 Å². The Balaban J connectivity index is 1.29. The third kappa shape index (κ3) is 2.96. The lowest BCUT2D eigenvalue weighted by atomic mass is 9.92. The van der Waals surface area contributed by atoms with Crippen LogP contribution in [0.15, 0.2) is 49.1 Å². The number of ether oxygens (including phenoxy) is 1. The first-order valence-corrected chi connectivity index (χ1v) is 8.62. The molecule has 2 aliphatic rings. The lowest BCUT2D eigenvalue weighted by Crippen LogP contribution is -2.58. The lowest BCUT2D eigenvalue weighted by molar-refractivity contribution is 0.0920. The summed E-state index contributed by atoms with van der Waals surface area (Å²) in [5.41, 5.74) is 1.34. The number of pyridine rings is 2. The van der Waals surface area contributed by atoms with Crippen molar-refractivity contribution in [3.8, 4) is 5.75 Å². The number of thioether (sulfide) groups is 1. The van der Waals surface area contributed by atoms with Crippen LogP contribution in [0.25, 0.3) is 0 Å². The molecule has 4 rings (SSSR count). The van der Waals surface area contributed by atoms with Crippen molar-refractivity contribution in [2.24, 2.45) is 0 Å². The van der Waals surface area contributed by atoms with E-state index in [0.29, 0.717) is 10.9 Å². The van der Waals surface area contributed by atoms with Gasteiger partial charge in [0.2, 0.25) is 0 Å². The van der Waals surface area contributed by atoms with Gasteiger partial charge in [-0.3, -0.25) is 14.9 Å². The van der Waals surface area contributed by atoms with Crippen molar-refractivity contribution in [3.05, 3.63) is 54.6 Å². The molecule has 0 aliphatic carbocycles. The number of likely N-dealkylation sites (tertiary alicyclic amines) is 1. The van der Waals surface area contributed by atoms with Crippen LogP contribution in [0.3, 0.4) is 0 Å². The molecule has 4 heterocycles. The van der Waals surface area contributed by atoms with Crippen molar-refractivity contribution in [2.45, 2.75) is 23.8 Å². The van der Waals surface area contributed by atoms with Gasteiger partial charge in [0.15, 0.2) is 0 Å². The van der Waals surface area contributed by atoms with Gasteiger partial charge in [-0.25, -0.2) is 0 Å². The summed E-state index contributed by atoms with van der Waals surface area (Å²) in [4.78, 5) is 10.7. The molecule has 0 unspecified atom stereocenters. The van der Waals surface area contributed by atoms with Crippen LogP contribution in [0.4, 0.5) is 0 Å². The molecule has 1 atom stereocenters. The average molecular weight is 313 g/mol. The van der Waals surface area contributed by atoms with Crippen LogP contribution in [-0.4, -0.2) is 44.6 Å². The summed E-state index contributed by atoms with van der Waals surface area (Å²) >= 11 is 2.07. The van der Waals surface area contributed by atoms with Crippen LogP contribution in [0.2, 0.25) is 0 Å². The Hall–Kier alpha value is -1.59. The van der Waals surface area contributed by atoms with E-state index in [4.69, 9.17) is 4.74 Å². The second kappa shape index (κ2) is 5.89. The monoisotopic (exact) mass is 313 g/mol. The summed E-state index contributed by atoms with van der Waals surface area (Å²) in [5, 5.41) is 0. The van der Waals surface area contributed by atoms with Crippen molar-refractivity contribution in [2.75, 3.05) is 18.8 Å². The zero-order valence-electron chi connectivity index (χ0n) is 12.4. The predicted molar refractivity (Wildman–Crippen MR) is 88.0 cm³/mol. The number of rotatable bonds is 4. The molecule has 0 N–H and O–H groups in total. The van der Waals surface area contributed by atoms with Gasteiger partial charge in [0.05, 0.1) is 6.20 Å². The summed E-state index contributed by atoms with van der Waals surface area (Å²) in [5.74, 6) is 1.97. The van der Waals surface area contributed by atoms with Crippen LogP contribution >= 0.6 is 11.8 Å². The third-order valence-corrected chi connectivity index (χ3v) is 5.87. The molecule has 2 saturated heterocycles. The highest BCUT2D eigenvalue weighted by Crippen LogP contribution is 2.46. The van der Waals surface area contributed by atoms with Crippen LogP contribution in [0.1, 0.15) is 12.0 Å². The van der Waals surface area contributed by atoms with Gasteiger partial charge in [0.25, 0.3) is 0 Å². The molecular weight excluding hydrogens is 294 g/mol. The Morgan fingerprint density at radius 2 is 2.05 bits per heavy atom. The number of hydrogen-bond donors (Lipinski definition) is 0. The first kappa shape index (κ1) is 14.0. The van der Waals surface area contributed by atoms with Crippen LogP contribution in [0, 0.1) is 0 Å². The summed E-state index contributed by atoms with van der Waals surface area (Å²) in [6.45, 7) is 3.35. The lowest BCUT2D eigenvalue weighted by Gasteiger charge is -2.47. The molecule has 0 saturated carbocycles. The van der Waals surface area contributed by atoms with Crippen molar-refractivity contribution in [3.63, 3.8) is 0 Å². The quantitative estimate of drug-likeness (QED) is 0.867. The molecule has 1 spiro atoms. The number of aromatic nitrogens is 2. The van der Waals surface area contributed by atoms with Gasteiger partial charge in [0, 0.05) is 55.1 Å². The topological polar surface area (TPSA) is 38.2 Å². The molecule has 0 bridgehead atoms.